The second-order valence-electron chi connectivity index (χ2n) is 5.19. The molecule has 0 radical (unpaired) electrons. The summed E-state index contributed by atoms with van der Waals surface area (Å²) in [6, 6.07) is 6.64. The number of benzene rings is 1. The number of ether oxygens (including phenoxy) is 1. The summed E-state index contributed by atoms with van der Waals surface area (Å²) in [4.78, 5) is 0.657. The lowest BCUT2D eigenvalue weighted by Gasteiger charge is -2.22. The van der Waals surface area contributed by atoms with Crippen molar-refractivity contribution in [2.45, 2.75) is 24.2 Å². The van der Waals surface area contributed by atoms with Crippen molar-refractivity contribution in [3.63, 3.8) is 0 Å². The topological polar surface area (TPSA) is 81.4 Å². The van der Waals surface area contributed by atoms with E-state index in [1.54, 1.807) is 24.3 Å². The molecule has 7 heteroatoms. The Hall–Kier alpha value is -1.02. The molecule has 0 aliphatic carbocycles. The third-order valence-corrected chi connectivity index (χ3v) is 5.10. The van der Waals surface area contributed by atoms with Crippen LogP contribution in [0.2, 0.25) is 0 Å². The summed E-state index contributed by atoms with van der Waals surface area (Å²) in [7, 11) is -3.46. The average Bonchev–Trinajstić information content (AvgIpc) is 2.46. The standard InChI is InChI=1S/C14H20N2O3S2/c15-14(20)9-11-1-3-13(4-2-11)21(17,18)16-10-12-5-7-19-8-6-12/h1-4,12,16H,5-10H2,(H2,15,20). The van der Waals surface area contributed by atoms with Gasteiger partial charge in [-0.05, 0) is 36.5 Å². The third kappa shape index (κ3) is 5.03. The number of hydrogen-bond donors (Lipinski definition) is 2. The Kier molecular flexibility index (Phi) is 5.69. The van der Waals surface area contributed by atoms with Crippen LogP contribution in [0.1, 0.15) is 18.4 Å². The maximum absolute atomic E-state index is 12.2. The van der Waals surface area contributed by atoms with Crippen molar-refractivity contribution in [1.82, 2.24) is 4.72 Å². The van der Waals surface area contributed by atoms with Gasteiger partial charge in [0.25, 0.3) is 0 Å². The maximum Gasteiger partial charge on any atom is 0.240 e. The molecule has 1 heterocycles. The van der Waals surface area contributed by atoms with Crippen molar-refractivity contribution in [3.8, 4) is 0 Å². The molecular formula is C14H20N2O3S2. The Morgan fingerprint density at radius 1 is 1.29 bits per heavy atom. The summed E-state index contributed by atoms with van der Waals surface area (Å²) in [6.07, 6.45) is 2.27. The van der Waals surface area contributed by atoms with Crippen LogP contribution in [0.3, 0.4) is 0 Å². The Morgan fingerprint density at radius 3 is 2.48 bits per heavy atom. The second kappa shape index (κ2) is 7.31. The SMILES string of the molecule is NC(=S)Cc1ccc(S(=O)(=O)NCC2CCOCC2)cc1. The molecule has 1 aliphatic heterocycles. The zero-order valence-electron chi connectivity index (χ0n) is 11.7. The molecule has 5 nitrogen and oxygen atoms in total. The summed E-state index contributed by atoms with van der Waals surface area (Å²) in [5.74, 6) is 0.349. The van der Waals surface area contributed by atoms with Crippen molar-refractivity contribution in [2.75, 3.05) is 19.8 Å². The van der Waals surface area contributed by atoms with E-state index in [1.807, 2.05) is 0 Å². The van der Waals surface area contributed by atoms with Gasteiger partial charge in [0, 0.05) is 26.2 Å². The number of hydrogen-bond acceptors (Lipinski definition) is 4. The first kappa shape index (κ1) is 16.4. The fourth-order valence-corrected chi connectivity index (χ4v) is 3.53. The summed E-state index contributed by atoms with van der Waals surface area (Å²) in [6.45, 7) is 1.88. The fourth-order valence-electron chi connectivity index (χ4n) is 2.25. The Labute approximate surface area is 130 Å². The Bertz CT molecular complexity index is 579. The van der Waals surface area contributed by atoms with E-state index in [9.17, 15) is 8.42 Å². The van der Waals surface area contributed by atoms with Crippen molar-refractivity contribution in [1.29, 1.82) is 0 Å². The van der Waals surface area contributed by atoms with Gasteiger partial charge in [0.2, 0.25) is 10.0 Å². The minimum atomic E-state index is -3.46. The maximum atomic E-state index is 12.2. The molecule has 116 valence electrons. The van der Waals surface area contributed by atoms with Gasteiger partial charge in [0.15, 0.2) is 0 Å². The first-order valence-corrected chi connectivity index (χ1v) is 8.81. The Balaban J connectivity index is 1.96. The molecule has 0 unspecified atom stereocenters. The van der Waals surface area contributed by atoms with E-state index in [-0.39, 0.29) is 4.90 Å². The molecule has 0 spiro atoms. The van der Waals surface area contributed by atoms with Gasteiger partial charge >= 0.3 is 0 Å². The van der Waals surface area contributed by atoms with Crippen LogP contribution >= 0.6 is 12.2 Å². The molecule has 0 atom stereocenters. The van der Waals surface area contributed by atoms with E-state index in [0.29, 0.717) is 37.1 Å². The van der Waals surface area contributed by atoms with Crippen LogP contribution in [0.4, 0.5) is 0 Å². The first-order valence-electron chi connectivity index (χ1n) is 6.92. The van der Waals surface area contributed by atoms with Crippen LogP contribution in [-0.4, -0.2) is 33.2 Å². The summed E-state index contributed by atoms with van der Waals surface area (Å²) >= 11 is 4.83. The van der Waals surface area contributed by atoms with Crippen LogP contribution < -0.4 is 10.5 Å². The molecule has 0 aromatic heterocycles. The molecule has 1 fully saturated rings. The molecule has 3 N–H and O–H groups in total. The number of sulfonamides is 1. The summed E-state index contributed by atoms with van der Waals surface area (Å²) < 4.78 is 32.4. The highest BCUT2D eigenvalue weighted by Crippen LogP contribution is 2.16. The van der Waals surface area contributed by atoms with E-state index in [1.165, 1.54) is 0 Å². The molecule has 0 bridgehead atoms. The van der Waals surface area contributed by atoms with Crippen LogP contribution in [0, 0.1) is 5.92 Å². The van der Waals surface area contributed by atoms with Crippen LogP contribution in [-0.2, 0) is 21.2 Å². The molecule has 1 aromatic rings. The highest BCUT2D eigenvalue weighted by Gasteiger charge is 2.19. The van der Waals surface area contributed by atoms with E-state index in [0.717, 1.165) is 18.4 Å². The van der Waals surface area contributed by atoms with Crippen molar-refractivity contribution in [3.05, 3.63) is 29.8 Å². The quantitative estimate of drug-likeness (QED) is 0.768. The molecule has 1 aromatic carbocycles. The molecule has 0 saturated carbocycles. The first-order chi connectivity index (χ1) is 9.97. The molecule has 1 aliphatic rings. The minimum absolute atomic E-state index is 0.265. The molecule has 0 amide bonds. The van der Waals surface area contributed by atoms with E-state index >= 15 is 0 Å². The number of thiocarbonyl (C=S) groups is 1. The zero-order chi connectivity index (χ0) is 15.3. The van der Waals surface area contributed by atoms with Gasteiger partial charge in [-0.15, -0.1) is 0 Å². The van der Waals surface area contributed by atoms with Gasteiger partial charge in [-0.3, -0.25) is 0 Å². The van der Waals surface area contributed by atoms with Gasteiger partial charge in [-0.2, -0.15) is 0 Å². The molecule has 2 rings (SSSR count). The zero-order valence-corrected chi connectivity index (χ0v) is 13.4. The Morgan fingerprint density at radius 2 is 1.90 bits per heavy atom. The smallest absolute Gasteiger partial charge is 0.240 e. The van der Waals surface area contributed by atoms with Crippen LogP contribution in [0.25, 0.3) is 0 Å². The van der Waals surface area contributed by atoms with Gasteiger partial charge in [-0.1, -0.05) is 24.4 Å². The molecule has 1 saturated heterocycles. The van der Waals surface area contributed by atoms with E-state index in [4.69, 9.17) is 22.7 Å². The van der Waals surface area contributed by atoms with E-state index in [2.05, 4.69) is 4.72 Å². The van der Waals surface area contributed by atoms with E-state index < -0.39 is 10.0 Å². The predicted octanol–water partition coefficient (Wildman–Crippen LogP) is 1.22. The fraction of sp³-hybridized carbons (Fsp3) is 0.500. The second-order valence-corrected chi connectivity index (χ2v) is 7.49. The summed E-state index contributed by atoms with van der Waals surface area (Å²) in [5.41, 5.74) is 6.38. The molecule has 21 heavy (non-hydrogen) atoms. The summed E-state index contributed by atoms with van der Waals surface area (Å²) in [5, 5.41) is 0. The van der Waals surface area contributed by atoms with Gasteiger partial charge in [0.05, 0.1) is 9.88 Å². The number of nitrogens with two attached hydrogens (primary N) is 1. The van der Waals surface area contributed by atoms with Gasteiger partial charge in [-0.25, -0.2) is 13.1 Å². The van der Waals surface area contributed by atoms with Crippen LogP contribution in [0.5, 0.6) is 0 Å². The largest absolute Gasteiger partial charge is 0.393 e. The number of nitrogens with one attached hydrogen (secondary N) is 1. The lowest BCUT2D eigenvalue weighted by molar-refractivity contribution is 0.0678. The van der Waals surface area contributed by atoms with Crippen molar-refractivity contribution in [2.24, 2.45) is 11.7 Å². The number of rotatable bonds is 6. The third-order valence-electron chi connectivity index (χ3n) is 3.51. The van der Waals surface area contributed by atoms with Crippen molar-refractivity contribution >= 4 is 27.2 Å². The van der Waals surface area contributed by atoms with Crippen LogP contribution in [0.15, 0.2) is 29.2 Å². The lowest BCUT2D eigenvalue weighted by atomic mass is 10.0. The lowest BCUT2D eigenvalue weighted by Crippen LogP contribution is -2.32. The highest BCUT2D eigenvalue weighted by atomic mass is 32.2. The minimum Gasteiger partial charge on any atom is -0.393 e. The van der Waals surface area contributed by atoms with Gasteiger partial charge < -0.3 is 10.5 Å². The average molecular weight is 328 g/mol. The van der Waals surface area contributed by atoms with Gasteiger partial charge in [0.1, 0.15) is 0 Å². The normalized spacial score (nSPS) is 16.8. The molecular weight excluding hydrogens is 308 g/mol. The highest BCUT2D eigenvalue weighted by molar-refractivity contribution is 7.89. The van der Waals surface area contributed by atoms with Crippen molar-refractivity contribution < 1.29 is 13.2 Å². The predicted molar refractivity (Wildman–Crippen MR) is 85.7 cm³/mol. The monoisotopic (exact) mass is 328 g/mol.